The summed E-state index contributed by atoms with van der Waals surface area (Å²) < 4.78 is 4.99. The van der Waals surface area contributed by atoms with Crippen molar-refractivity contribution in [1.29, 1.82) is 0 Å². The van der Waals surface area contributed by atoms with Gasteiger partial charge >= 0.3 is 11.6 Å². The predicted molar refractivity (Wildman–Crippen MR) is 81.1 cm³/mol. The minimum absolute atomic E-state index is 0.310. The maximum atomic E-state index is 11.0. The molecule has 8 nitrogen and oxygen atoms in total. The van der Waals surface area contributed by atoms with E-state index >= 15 is 0 Å². The van der Waals surface area contributed by atoms with Gasteiger partial charge in [-0.25, -0.2) is 4.79 Å². The molecule has 1 aromatic carbocycles. The minimum atomic E-state index is -1.21. The summed E-state index contributed by atoms with van der Waals surface area (Å²) >= 11 is 0. The topological polar surface area (TPSA) is 163 Å². The summed E-state index contributed by atoms with van der Waals surface area (Å²) in [6.07, 6.45) is -0.310. The van der Waals surface area contributed by atoms with Gasteiger partial charge in [0.25, 0.3) is 0 Å². The summed E-state index contributed by atoms with van der Waals surface area (Å²) in [5.41, 5.74) is 16.8. The Labute approximate surface area is 125 Å². The van der Waals surface area contributed by atoms with Crippen molar-refractivity contribution in [2.45, 2.75) is 19.4 Å². The first-order chi connectivity index (χ1) is 10.2. The van der Waals surface area contributed by atoms with E-state index < -0.39 is 17.9 Å². The highest BCUT2D eigenvalue weighted by molar-refractivity contribution is 5.83. The Morgan fingerprint density at radius 3 is 2.45 bits per heavy atom. The second-order valence-corrected chi connectivity index (χ2v) is 4.62. The number of aryl methyl sites for hydroxylation is 1. The van der Waals surface area contributed by atoms with E-state index in [0.29, 0.717) is 11.3 Å². The Kier molecular flexibility index (Phi) is 5.65. The van der Waals surface area contributed by atoms with Crippen LogP contribution in [-0.2, 0) is 9.59 Å². The number of aliphatic carboxylic acids is 1. The van der Waals surface area contributed by atoms with Gasteiger partial charge in [-0.2, -0.15) is 0 Å². The number of carboxylic acid groups (broad SMARTS) is 1. The number of fused-ring (bicyclic) bond motifs is 1. The van der Waals surface area contributed by atoms with Crippen LogP contribution in [0.1, 0.15) is 12.0 Å². The van der Waals surface area contributed by atoms with Crippen molar-refractivity contribution < 1.29 is 19.1 Å². The normalized spacial score (nSPS) is 11.4. The van der Waals surface area contributed by atoms with Crippen LogP contribution in [0.25, 0.3) is 11.0 Å². The number of amides is 1. The van der Waals surface area contributed by atoms with Gasteiger partial charge in [-0.05, 0) is 24.6 Å². The van der Waals surface area contributed by atoms with Crippen molar-refractivity contribution in [2.75, 3.05) is 5.73 Å². The zero-order valence-electron chi connectivity index (χ0n) is 11.9. The summed E-state index contributed by atoms with van der Waals surface area (Å²) in [5, 5.41) is 9.02. The third-order valence-corrected chi connectivity index (χ3v) is 2.71. The van der Waals surface area contributed by atoms with Gasteiger partial charge in [0, 0.05) is 23.2 Å². The van der Waals surface area contributed by atoms with E-state index in [4.69, 9.17) is 21.0 Å². The van der Waals surface area contributed by atoms with Gasteiger partial charge in [-0.15, -0.1) is 0 Å². The molecule has 2 rings (SSSR count). The summed E-state index contributed by atoms with van der Waals surface area (Å²) in [6, 6.07) is 5.60. The zero-order chi connectivity index (χ0) is 16.9. The molecular weight excluding hydrogens is 290 g/mol. The molecule has 118 valence electrons. The summed E-state index contributed by atoms with van der Waals surface area (Å²) in [5.74, 6) is -1.92. The molecule has 1 unspecified atom stereocenters. The lowest BCUT2D eigenvalue weighted by Gasteiger charge is -2.00. The van der Waals surface area contributed by atoms with Gasteiger partial charge in [0.05, 0.1) is 6.42 Å². The lowest BCUT2D eigenvalue weighted by molar-refractivity contribution is -0.140. The molecular formula is C14H17N3O5. The molecule has 1 aromatic heterocycles. The zero-order valence-corrected chi connectivity index (χ0v) is 11.9. The van der Waals surface area contributed by atoms with Crippen LogP contribution < -0.4 is 22.8 Å². The number of nitrogens with two attached hydrogens (primary N) is 3. The molecule has 0 radical (unpaired) electrons. The largest absolute Gasteiger partial charge is 0.480 e. The monoisotopic (exact) mass is 307 g/mol. The van der Waals surface area contributed by atoms with E-state index in [2.05, 4.69) is 5.73 Å². The summed E-state index contributed by atoms with van der Waals surface area (Å²) in [4.78, 5) is 30.9. The Hall–Kier alpha value is -2.87. The number of hydrogen-bond donors (Lipinski definition) is 4. The lowest BCUT2D eigenvalue weighted by Crippen LogP contribution is -2.34. The van der Waals surface area contributed by atoms with Crippen molar-refractivity contribution >= 4 is 28.5 Å². The van der Waals surface area contributed by atoms with Crippen LogP contribution in [0.15, 0.2) is 33.5 Å². The summed E-state index contributed by atoms with van der Waals surface area (Å²) in [6.45, 7) is 1.87. The first-order valence-electron chi connectivity index (χ1n) is 6.27. The van der Waals surface area contributed by atoms with Gasteiger partial charge < -0.3 is 26.7 Å². The number of anilines is 1. The second kappa shape index (κ2) is 7.23. The molecule has 2 aromatic rings. The Bertz CT molecular complexity index is 754. The van der Waals surface area contributed by atoms with E-state index in [1.165, 1.54) is 6.07 Å². The first kappa shape index (κ1) is 17.2. The molecule has 7 N–H and O–H groups in total. The number of nitrogen functional groups attached to an aromatic ring is 1. The molecule has 0 aliphatic heterocycles. The number of carbonyl (C=O) groups excluding carboxylic acids is 1. The van der Waals surface area contributed by atoms with Crippen molar-refractivity contribution in [3.63, 3.8) is 0 Å². The number of rotatable bonds is 3. The van der Waals surface area contributed by atoms with Crippen molar-refractivity contribution in [1.82, 2.24) is 0 Å². The number of carboxylic acids is 1. The maximum Gasteiger partial charge on any atom is 0.336 e. The second-order valence-electron chi connectivity index (χ2n) is 4.62. The highest BCUT2D eigenvalue weighted by Gasteiger charge is 2.13. The maximum absolute atomic E-state index is 11.0. The van der Waals surface area contributed by atoms with Crippen LogP contribution in [0.5, 0.6) is 0 Å². The predicted octanol–water partition coefficient (Wildman–Crippen LogP) is -0.0427. The molecule has 8 heteroatoms. The molecule has 0 aliphatic carbocycles. The summed E-state index contributed by atoms with van der Waals surface area (Å²) in [7, 11) is 0. The third-order valence-electron chi connectivity index (χ3n) is 2.71. The number of benzene rings is 1. The molecule has 0 saturated heterocycles. The fourth-order valence-electron chi connectivity index (χ4n) is 1.65. The average Bonchev–Trinajstić information content (AvgIpc) is 2.37. The van der Waals surface area contributed by atoms with Crippen LogP contribution in [-0.4, -0.2) is 23.0 Å². The Balaban J connectivity index is 0.000000239. The van der Waals surface area contributed by atoms with E-state index in [1.807, 2.05) is 13.0 Å². The van der Waals surface area contributed by atoms with Gasteiger partial charge in [-0.1, -0.05) is 0 Å². The highest BCUT2D eigenvalue weighted by Crippen LogP contribution is 2.18. The van der Waals surface area contributed by atoms with Crippen LogP contribution in [0.3, 0.4) is 0 Å². The fraction of sp³-hybridized carbons (Fsp3) is 0.214. The van der Waals surface area contributed by atoms with Gasteiger partial charge in [0.15, 0.2) is 0 Å². The van der Waals surface area contributed by atoms with E-state index in [1.54, 1.807) is 12.1 Å². The van der Waals surface area contributed by atoms with Crippen molar-refractivity contribution in [3.8, 4) is 0 Å². The van der Waals surface area contributed by atoms with Crippen molar-refractivity contribution in [3.05, 3.63) is 40.2 Å². The molecule has 0 aliphatic rings. The Morgan fingerprint density at radius 2 is 1.95 bits per heavy atom. The molecule has 0 fully saturated rings. The smallest absolute Gasteiger partial charge is 0.336 e. The first-order valence-corrected chi connectivity index (χ1v) is 6.27. The molecule has 1 amide bonds. The minimum Gasteiger partial charge on any atom is -0.480 e. The van der Waals surface area contributed by atoms with Crippen LogP contribution in [0, 0.1) is 6.92 Å². The molecule has 0 saturated carbocycles. The average molecular weight is 307 g/mol. The van der Waals surface area contributed by atoms with Crippen LogP contribution >= 0.6 is 0 Å². The van der Waals surface area contributed by atoms with Gasteiger partial charge in [-0.3, -0.25) is 9.59 Å². The standard InChI is InChI=1S/C10H9NO2.C4H8N2O3/c1-6-4-10(12)13-9-5-7(11)2-3-8(6)9;5-2(4(8)9)1-3(6)7/h2-5H,11H2,1H3;2H,1,5H2,(H2,6,7)(H,8,9). The number of carbonyl (C=O) groups is 2. The molecule has 0 spiro atoms. The molecule has 1 atom stereocenters. The van der Waals surface area contributed by atoms with Crippen molar-refractivity contribution in [2.24, 2.45) is 11.5 Å². The van der Waals surface area contributed by atoms with Crippen LogP contribution in [0.4, 0.5) is 5.69 Å². The quantitative estimate of drug-likeness (QED) is 0.456. The van der Waals surface area contributed by atoms with E-state index in [-0.39, 0.29) is 12.0 Å². The SMILES string of the molecule is Cc1cc(=O)oc2cc(N)ccc12.NC(=O)CC(N)C(=O)O. The number of primary amides is 1. The van der Waals surface area contributed by atoms with Gasteiger partial charge in [0.1, 0.15) is 11.6 Å². The van der Waals surface area contributed by atoms with Gasteiger partial charge in [0.2, 0.25) is 5.91 Å². The molecule has 0 bridgehead atoms. The highest BCUT2D eigenvalue weighted by atomic mass is 16.4. The molecule has 1 heterocycles. The van der Waals surface area contributed by atoms with Crippen LogP contribution in [0.2, 0.25) is 0 Å². The number of hydrogen-bond acceptors (Lipinski definition) is 6. The fourth-order valence-corrected chi connectivity index (χ4v) is 1.65. The van der Waals surface area contributed by atoms with E-state index in [0.717, 1.165) is 10.9 Å². The Morgan fingerprint density at radius 1 is 1.32 bits per heavy atom. The molecule has 22 heavy (non-hydrogen) atoms. The van der Waals surface area contributed by atoms with E-state index in [9.17, 15) is 14.4 Å². The lowest BCUT2D eigenvalue weighted by atomic mass is 10.1. The third kappa shape index (κ3) is 4.91.